The quantitative estimate of drug-likeness (QED) is 0.190. The van der Waals surface area contributed by atoms with Gasteiger partial charge in [-0.3, -0.25) is 4.79 Å². The molecular weight excluding hydrogens is 366 g/mol. The average molecular weight is 416 g/mol. The number of unbranched alkanes of at least 4 members (excludes halogenated alkanes) is 14. The first-order valence-electron chi connectivity index (χ1n) is 12.3. The molecule has 5 heteroatoms. The molecular formula is C24H49NO4. The fourth-order valence-electron chi connectivity index (χ4n) is 3.69. The Kier molecular flexibility index (Phi) is 21.6. The molecule has 0 bridgehead atoms. The molecule has 0 aromatic carbocycles. The van der Waals surface area contributed by atoms with Gasteiger partial charge < -0.3 is 20.6 Å². The van der Waals surface area contributed by atoms with Crippen LogP contribution in [0.25, 0.3) is 0 Å². The maximum absolute atomic E-state index is 11.9. The number of aliphatic hydroxyl groups excluding tert-OH is 3. The summed E-state index contributed by atoms with van der Waals surface area (Å²) < 4.78 is 0. The van der Waals surface area contributed by atoms with Crippen molar-refractivity contribution in [3.63, 3.8) is 0 Å². The summed E-state index contributed by atoms with van der Waals surface area (Å²) in [6.45, 7) is 2.17. The Bertz CT molecular complexity index is 352. The highest BCUT2D eigenvalue weighted by Gasteiger charge is 2.19. The third kappa shape index (κ3) is 19.1. The number of nitrogens with one attached hydrogen (secondary N) is 1. The Morgan fingerprint density at radius 1 is 0.724 bits per heavy atom. The molecule has 0 aromatic rings. The van der Waals surface area contributed by atoms with E-state index in [2.05, 4.69) is 12.2 Å². The number of carbonyl (C=O) groups is 1. The van der Waals surface area contributed by atoms with Crippen LogP contribution in [0.2, 0.25) is 0 Å². The Hall–Kier alpha value is -0.650. The zero-order chi connectivity index (χ0) is 21.6. The van der Waals surface area contributed by atoms with Crippen molar-refractivity contribution in [2.45, 2.75) is 135 Å². The van der Waals surface area contributed by atoms with E-state index < -0.39 is 12.1 Å². The molecule has 0 heterocycles. The fourth-order valence-corrected chi connectivity index (χ4v) is 3.69. The predicted octanol–water partition coefficient (Wildman–Crippen LogP) is 4.86. The molecule has 0 aliphatic carbocycles. The highest BCUT2D eigenvalue weighted by Crippen LogP contribution is 2.14. The third-order valence-corrected chi connectivity index (χ3v) is 5.67. The minimum absolute atomic E-state index is 0.133. The molecule has 0 aromatic heterocycles. The van der Waals surface area contributed by atoms with Gasteiger partial charge in [0.25, 0.3) is 0 Å². The number of hydrogen-bond donors (Lipinski definition) is 4. The molecule has 2 atom stereocenters. The highest BCUT2D eigenvalue weighted by atomic mass is 16.3. The summed E-state index contributed by atoms with van der Waals surface area (Å²) in [5.74, 6) is -0.133. The van der Waals surface area contributed by atoms with Crippen molar-refractivity contribution in [2.24, 2.45) is 0 Å². The van der Waals surface area contributed by atoms with Crippen LogP contribution in [0.5, 0.6) is 0 Å². The minimum atomic E-state index is -0.686. The van der Waals surface area contributed by atoms with Gasteiger partial charge in [-0.05, 0) is 19.3 Å². The van der Waals surface area contributed by atoms with E-state index in [0.29, 0.717) is 19.3 Å². The second-order valence-electron chi connectivity index (χ2n) is 8.49. The summed E-state index contributed by atoms with van der Waals surface area (Å²) in [6.07, 6.45) is 19.3. The Balaban J connectivity index is 3.55. The van der Waals surface area contributed by atoms with Crippen LogP contribution < -0.4 is 5.32 Å². The van der Waals surface area contributed by atoms with E-state index in [1.54, 1.807) is 0 Å². The Labute approximate surface area is 179 Å². The van der Waals surface area contributed by atoms with Crippen LogP contribution in [0.1, 0.15) is 122 Å². The topological polar surface area (TPSA) is 89.8 Å². The van der Waals surface area contributed by atoms with Gasteiger partial charge in [-0.25, -0.2) is 0 Å². The molecule has 0 aliphatic rings. The molecule has 5 nitrogen and oxygen atoms in total. The van der Waals surface area contributed by atoms with Crippen LogP contribution in [0.3, 0.4) is 0 Å². The molecule has 2 unspecified atom stereocenters. The first kappa shape index (κ1) is 28.4. The summed E-state index contributed by atoms with van der Waals surface area (Å²) in [4.78, 5) is 11.9. The van der Waals surface area contributed by atoms with Gasteiger partial charge in [0.2, 0.25) is 5.91 Å². The van der Waals surface area contributed by atoms with Gasteiger partial charge in [0.05, 0.1) is 18.8 Å². The highest BCUT2D eigenvalue weighted by molar-refractivity contribution is 5.76. The second kappa shape index (κ2) is 22.0. The first-order chi connectivity index (χ1) is 14.2. The van der Waals surface area contributed by atoms with E-state index >= 15 is 0 Å². The van der Waals surface area contributed by atoms with Gasteiger partial charge in [0.15, 0.2) is 0 Å². The van der Waals surface area contributed by atoms with Crippen molar-refractivity contribution in [1.29, 1.82) is 0 Å². The molecule has 0 rings (SSSR count). The lowest BCUT2D eigenvalue weighted by Gasteiger charge is -2.22. The molecule has 0 radical (unpaired) electrons. The summed E-state index contributed by atoms with van der Waals surface area (Å²) in [7, 11) is 0. The smallest absolute Gasteiger partial charge is 0.220 e. The lowest BCUT2D eigenvalue weighted by molar-refractivity contribution is -0.123. The number of hydrogen-bond acceptors (Lipinski definition) is 4. The second-order valence-corrected chi connectivity index (χ2v) is 8.49. The predicted molar refractivity (Wildman–Crippen MR) is 121 cm³/mol. The van der Waals surface area contributed by atoms with Crippen molar-refractivity contribution in [3.8, 4) is 0 Å². The molecule has 29 heavy (non-hydrogen) atoms. The summed E-state index contributed by atoms with van der Waals surface area (Å²) in [6, 6.07) is -0.572. The van der Waals surface area contributed by atoms with Gasteiger partial charge in [0.1, 0.15) is 0 Å². The van der Waals surface area contributed by atoms with Crippen LogP contribution in [-0.4, -0.2) is 46.6 Å². The van der Waals surface area contributed by atoms with Crippen molar-refractivity contribution < 1.29 is 20.1 Å². The zero-order valence-corrected chi connectivity index (χ0v) is 19.0. The van der Waals surface area contributed by atoms with Gasteiger partial charge in [-0.1, -0.05) is 96.8 Å². The Morgan fingerprint density at radius 3 is 1.69 bits per heavy atom. The SMILES string of the molecule is CCCCCCCCCCCCCCCC(O)C(CO)NC(=O)CCCCCO. The summed E-state index contributed by atoms with van der Waals surface area (Å²) in [5, 5.41) is 31.2. The van der Waals surface area contributed by atoms with Crippen LogP contribution in [0.15, 0.2) is 0 Å². The molecule has 0 saturated heterocycles. The standard InChI is InChI=1S/C24H49NO4/c1-2-3-4-5-6-7-8-9-10-11-12-13-15-18-23(28)22(21-27)25-24(29)19-16-14-17-20-26/h22-23,26-28H,2-21H2,1H3,(H,25,29). The van der Waals surface area contributed by atoms with Gasteiger partial charge in [0, 0.05) is 13.0 Å². The maximum atomic E-state index is 11.9. The van der Waals surface area contributed by atoms with Gasteiger partial charge in [-0.15, -0.1) is 0 Å². The number of amides is 1. The van der Waals surface area contributed by atoms with E-state index in [0.717, 1.165) is 25.7 Å². The molecule has 174 valence electrons. The first-order valence-corrected chi connectivity index (χ1v) is 12.3. The molecule has 0 fully saturated rings. The number of rotatable bonds is 22. The monoisotopic (exact) mass is 415 g/mol. The largest absolute Gasteiger partial charge is 0.396 e. The number of aliphatic hydroxyl groups is 3. The molecule has 4 N–H and O–H groups in total. The Morgan fingerprint density at radius 2 is 1.21 bits per heavy atom. The van der Waals surface area contributed by atoms with Crippen molar-refractivity contribution >= 4 is 5.91 Å². The molecule has 0 spiro atoms. The van der Waals surface area contributed by atoms with Crippen molar-refractivity contribution in [2.75, 3.05) is 13.2 Å². The van der Waals surface area contributed by atoms with E-state index in [1.165, 1.54) is 70.6 Å². The fraction of sp³-hybridized carbons (Fsp3) is 0.958. The summed E-state index contributed by atoms with van der Waals surface area (Å²) in [5.41, 5.74) is 0. The van der Waals surface area contributed by atoms with Crippen LogP contribution in [-0.2, 0) is 4.79 Å². The van der Waals surface area contributed by atoms with E-state index in [4.69, 9.17) is 5.11 Å². The lowest BCUT2D eigenvalue weighted by Crippen LogP contribution is -2.45. The maximum Gasteiger partial charge on any atom is 0.220 e. The van der Waals surface area contributed by atoms with E-state index in [1.807, 2.05) is 0 Å². The van der Waals surface area contributed by atoms with Crippen LogP contribution >= 0.6 is 0 Å². The zero-order valence-electron chi connectivity index (χ0n) is 19.0. The van der Waals surface area contributed by atoms with E-state index in [9.17, 15) is 15.0 Å². The van der Waals surface area contributed by atoms with E-state index in [-0.39, 0.29) is 19.1 Å². The minimum Gasteiger partial charge on any atom is -0.396 e. The average Bonchev–Trinajstić information content (AvgIpc) is 2.72. The molecule has 0 aliphatic heterocycles. The summed E-state index contributed by atoms with van der Waals surface area (Å²) >= 11 is 0. The van der Waals surface area contributed by atoms with Gasteiger partial charge >= 0.3 is 0 Å². The molecule has 0 saturated carbocycles. The van der Waals surface area contributed by atoms with Gasteiger partial charge in [-0.2, -0.15) is 0 Å². The normalized spacial score (nSPS) is 13.4. The van der Waals surface area contributed by atoms with Crippen molar-refractivity contribution in [3.05, 3.63) is 0 Å². The third-order valence-electron chi connectivity index (χ3n) is 5.67. The van der Waals surface area contributed by atoms with Crippen molar-refractivity contribution in [1.82, 2.24) is 5.32 Å². The number of carbonyl (C=O) groups excluding carboxylic acids is 1. The lowest BCUT2D eigenvalue weighted by atomic mass is 10.0. The van der Waals surface area contributed by atoms with Crippen LogP contribution in [0, 0.1) is 0 Å². The van der Waals surface area contributed by atoms with Crippen LogP contribution in [0.4, 0.5) is 0 Å². The molecule has 1 amide bonds.